The summed E-state index contributed by atoms with van der Waals surface area (Å²) in [7, 11) is 0. The third kappa shape index (κ3) is 2.27. The van der Waals surface area contributed by atoms with Gasteiger partial charge in [0.15, 0.2) is 0 Å². The summed E-state index contributed by atoms with van der Waals surface area (Å²) in [5.74, 6) is 0.600. The summed E-state index contributed by atoms with van der Waals surface area (Å²) in [6.07, 6.45) is 3.45. The van der Waals surface area contributed by atoms with E-state index in [2.05, 4.69) is 61.5 Å². The van der Waals surface area contributed by atoms with Crippen molar-refractivity contribution in [3.05, 3.63) is 60.2 Å². The minimum Gasteiger partial charge on any atom is -0.330 e. The van der Waals surface area contributed by atoms with Gasteiger partial charge in [-0.1, -0.05) is 61.5 Å². The highest BCUT2D eigenvalue weighted by Gasteiger charge is 2.15. The molecule has 0 bridgehead atoms. The van der Waals surface area contributed by atoms with Gasteiger partial charge in [0, 0.05) is 0 Å². The molecule has 0 saturated carbocycles. The smallest absolute Gasteiger partial charge is 0.00239 e. The highest BCUT2D eigenvalue weighted by molar-refractivity contribution is 6.23. The summed E-state index contributed by atoms with van der Waals surface area (Å²) < 4.78 is 0. The van der Waals surface area contributed by atoms with Crippen LogP contribution in [0.5, 0.6) is 0 Å². The normalized spacial score (nSPS) is 13.3. The summed E-state index contributed by atoms with van der Waals surface area (Å²) in [4.78, 5) is 0. The first-order valence-electron chi connectivity index (χ1n) is 8.70. The van der Waals surface area contributed by atoms with Gasteiger partial charge < -0.3 is 5.73 Å². The fraction of sp³-hybridized carbons (Fsp3) is 0.273. The molecule has 0 amide bonds. The van der Waals surface area contributed by atoms with Crippen molar-refractivity contribution in [1.29, 1.82) is 0 Å². The van der Waals surface area contributed by atoms with Crippen molar-refractivity contribution >= 4 is 32.3 Å². The van der Waals surface area contributed by atoms with Gasteiger partial charge in [-0.15, -0.1) is 0 Å². The third-order valence-corrected chi connectivity index (χ3v) is 5.25. The molecule has 1 heteroatoms. The van der Waals surface area contributed by atoms with Crippen LogP contribution >= 0.6 is 0 Å². The highest BCUT2D eigenvalue weighted by Crippen LogP contribution is 2.39. The highest BCUT2D eigenvalue weighted by atomic mass is 14.5. The Balaban J connectivity index is 2.03. The minimum atomic E-state index is 0.600. The van der Waals surface area contributed by atoms with Gasteiger partial charge in [0.2, 0.25) is 0 Å². The Morgan fingerprint density at radius 2 is 1.48 bits per heavy atom. The average Bonchev–Trinajstić information content (AvgIpc) is 2.61. The molecule has 1 atom stereocenters. The van der Waals surface area contributed by atoms with Gasteiger partial charge in [-0.05, 0) is 69.6 Å². The number of hydrogen-bond donors (Lipinski definition) is 1. The van der Waals surface area contributed by atoms with E-state index in [0.717, 1.165) is 13.0 Å². The number of rotatable bonds is 5. The first kappa shape index (κ1) is 14.5. The maximum Gasteiger partial charge on any atom is -0.00239 e. The molecule has 0 saturated heterocycles. The molecule has 0 aliphatic heterocycles. The second-order valence-corrected chi connectivity index (χ2v) is 6.55. The predicted octanol–water partition coefficient (Wildman–Crippen LogP) is 5.82. The van der Waals surface area contributed by atoms with Crippen LogP contribution in [0, 0.1) is 0 Å². The average molecular weight is 301 g/mol. The van der Waals surface area contributed by atoms with Crippen LogP contribution < -0.4 is 5.73 Å². The van der Waals surface area contributed by atoms with E-state index >= 15 is 0 Å². The van der Waals surface area contributed by atoms with E-state index in [1.54, 1.807) is 0 Å². The van der Waals surface area contributed by atoms with Gasteiger partial charge in [-0.2, -0.15) is 0 Å². The van der Waals surface area contributed by atoms with Crippen molar-refractivity contribution in [2.75, 3.05) is 6.54 Å². The van der Waals surface area contributed by atoms with Crippen LogP contribution in [0.1, 0.15) is 37.7 Å². The molecule has 4 aromatic rings. The molecule has 0 aliphatic rings. The first-order valence-corrected chi connectivity index (χ1v) is 8.70. The van der Waals surface area contributed by atoms with Crippen molar-refractivity contribution in [3.8, 4) is 0 Å². The van der Waals surface area contributed by atoms with Gasteiger partial charge in [-0.25, -0.2) is 0 Å². The Morgan fingerprint density at radius 3 is 2.17 bits per heavy atom. The molecule has 4 aromatic carbocycles. The van der Waals surface area contributed by atoms with E-state index in [4.69, 9.17) is 5.73 Å². The Hall–Kier alpha value is -2.12. The number of nitrogens with two attached hydrogens (primary N) is 1. The second kappa shape index (κ2) is 5.82. The Bertz CT molecular complexity index is 938. The molecule has 0 spiro atoms. The van der Waals surface area contributed by atoms with Gasteiger partial charge in [-0.3, -0.25) is 0 Å². The molecular weight excluding hydrogens is 278 g/mol. The summed E-state index contributed by atoms with van der Waals surface area (Å²) in [5, 5.41) is 8.31. The third-order valence-electron chi connectivity index (χ3n) is 5.25. The van der Waals surface area contributed by atoms with Gasteiger partial charge >= 0.3 is 0 Å². The van der Waals surface area contributed by atoms with E-state index < -0.39 is 0 Å². The molecule has 23 heavy (non-hydrogen) atoms. The largest absolute Gasteiger partial charge is 0.330 e. The molecule has 0 aromatic heterocycles. The Kier molecular flexibility index (Phi) is 3.66. The molecule has 0 fully saturated rings. The van der Waals surface area contributed by atoms with E-state index in [0.29, 0.717) is 5.92 Å². The van der Waals surface area contributed by atoms with Crippen LogP contribution in [-0.2, 0) is 0 Å². The molecule has 0 aliphatic carbocycles. The monoisotopic (exact) mass is 301 g/mol. The summed E-state index contributed by atoms with van der Waals surface area (Å²) in [6.45, 7) is 3.07. The quantitative estimate of drug-likeness (QED) is 0.462. The van der Waals surface area contributed by atoms with Gasteiger partial charge in [0.25, 0.3) is 0 Å². The summed E-state index contributed by atoms with van der Waals surface area (Å²) in [5.41, 5.74) is 7.23. The predicted molar refractivity (Wildman–Crippen MR) is 101 cm³/mol. The molecule has 1 nitrogen and oxygen atoms in total. The van der Waals surface area contributed by atoms with Crippen LogP contribution in [0.2, 0.25) is 0 Å². The van der Waals surface area contributed by atoms with Crippen molar-refractivity contribution in [1.82, 2.24) is 0 Å². The van der Waals surface area contributed by atoms with Crippen LogP contribution in [0.3, 0.4) is 0 Å². The lowest BCUT2D eigenvalue weighted by atomic mass is 9.85. The molecular formula is C22H23N. The molecule has 116 valence electrons. The first-order chi connectivity index (χ1) is 11.3. The zero-order valence-corrected chi connectivity index (χ0v) is 13.7. The lowest BCUT2D eigenvalue weighted by molar-refractivity contribution is 0.584. The topological polar surface area (TPSA) is 26.0 Å². The van der Waals surface area contributed by atoms with Crippen LogP contribution in [0.25, 0.3) is 32.3 Å². The Labute approximate surface area is 137 Å². The SMILES string of the molecule is CCC(CCCN)c1ccc2ccc3cccc4ccc1c2c34. The lowest BCUT2D eigenvalue weighted by Gasteiger charge is -2.20. The van der Waals surface area contributed by atoms with Crippen molar-refractivity contribution in [3.63, 3.8) is 0 Å². The maximum absolute atomic E-state index is 5.74. The zero-order chi connectivity index (χ0) is 15.8. The lowest BCUT2D eigenvalue weighted by Crippen LogP contribution is -2.04. The van der Waals surface area contributed by atoms with Crippen LogP contribution in [0.15, 0.2) is 54.6 Å². The maximum atomic E-state index is 5.74. The zero-order valence-electron chi connectivity index (χ0n) is 13.7. The Morgan fingerprint density at radius 1 is 0.826 bits per heavy atom. The van der Waals surface area contributed by atoms with E-state index in [1.165, 1.54) is 50.7 Å². The summed E-state index contributed by atoms with van der Waals surface area (Å²) in [6, 6.07) is 20.3. The molecule has 0 radical (unpaired) electrons. The minimum absolute atomic E-state index is 0.600. The van der Waals surface area contributed by atoms with E-state index in [9.17, 15) is 0 Å². The van der Waals surface area contributed by atoms with Crippen molar-refractivity contribution in [2.24, 2.45) is 5.73 Å². The summed E-state index contributed by atoms with van der Waals surface area (Å²) >= 11 is 0. The van der Waals surface area contributed by atoms with Gasteiger partial charge in [0.1, 0.15) is 0 Å². The number of benzene rings is 4. The van der Waals surface area contributed by atoms with Crippen molar-refractivity contribution in [2.45, 2.75) is 32.1 Å². The fourth-order valence-corrected chi connectivity index (χ4v) is 4.06. The van der Waals surface area contributed by atoms with Crippen LogP contribution in [0.4, 0.5) is 0 Å². The van der Waals surface area contributed by atoms with Crippen molar-refractivity contribution < 1.29 is 0 Å². The van der Waals surface area contributed by atoms with E-state index in [1.807, 2.05) is 0 Å². The fourth-order valence-electron chi connectivity index (χ4n) is 4.06. The van der Waals surface area contributed by atoms with Crippen LogP contribution in [-0.4, -0.2) is 6.54 Å². The van der Waals surface area contributed by atoms with E-state index in [-0.39, 0.29) is 0 Å². The molecule has 4 rings (SSSR count). The second-order valence-electron chi connectivity index (χ2n) is 6.55. The van der Waals surface area contributed by atoms with Gasteiger partial charge in [0.05, 0.1) is 0 Å². The molecule has 1 unspecified atom stereocenters. The molecule has 2 N–H and O–H groups in total. The number of hydrogen-bond acceptors (Lipinski definition) is 1. The molecule has 0 heterocycles. The standard InChI is InChI=1S/C22H23N/c1-2-15(7-4-14-23)19-12-10-18-9-8-16-5-3-6-17-11-13-20(19)22(18)21(16)17/h3,5-6,8-13,15H,2,4,7,14,23H2,1H3.